The topological polar surface area (TPSA) is 97.1 Å². The van der Waals surface area contributed by atoms with E-state index in [9.17, 15) is 9.59 Å². The summed E-state index contributed by atoms with van der Waals surface area (Å²) in [5, 5.41) is 18.9. The largest absolute Gasteiger partial charge is 0.476 e. The number of nitrogens with zero attached hydrogens (tertiary/aromatic N) is 3. The van der Waals surface area contributed by atoms with Gasteiger partial charge in [0.25, 0.3) is 0 Å². The molecule has 2 N–H and O–H groups in total. The molecule has 0 spiro atoms. The van der Waals surface area contributed by atoms with E-state index in [0.717, 1.165) is 0 Å². The van der Waals surface area contributed by atoms with Crippen molar-refractivity contribution in [1.82, 2.24) is 15.0 Å². The van der Waals surface area contributed by atoms with Crippen LogP contribution in [0, 0.1) is 6.92 Å². The summed E-state index contributed by atoms with van der Waals surface area (Å²) in [4.78, 5) is 22.9. The molecule has 0 aliphatic rings. The molecule has 2 rings (SSSR count). The summed E-state index contributed by atoms with van der Waals surface area (Å²) in [7, 11) is 0. The number of amides is 1. The second kappa shape index (κ2) is 6.38. The summed E-state index contributed by atoms with van der Waals surface area (Å²) >= 11 is 0. The van der Waals surface area contributed by atoms with Crippen LogP contribution < -0.4 is 5.32 Å². The van der Waals surface area contributed by atoms with Crippen molar-refractivity contribution in [2.45, 2.75) is 33.2 Å². The molecule has 1 aromatic carbocycles. The zero-order valence-electron chi connectivity index (χ0n) is 12.7. The summed E-state index contributed by atoms with van der Waals surface area (Å²) in [6.45, 7) is 5.68. The molecule has 22 heavy (non-hydrogen) atoms. The third-order valence-corrected chi connectivity index (χ3v) is 3.34. The Hall–Kier alpha value is -2.70. The van der Waals surface area contributed by atoms with E-state index in [1.165, 1.54) is 10.2 Å². The Morgan fingerprint density at radius 1 is 1.27 bits per heavy atom. The normalized spacial score (nSPS) is 10.7. The molecule has 0 bridgehead atoms. The average molecular weight is 302 g/mol. The van der Waals surface area contributed by atoms with Crippen LogP contribution in [0.1, 0.15) is 41.5 Å². The molecule has 7 nitrogen and oxygen atoms in total. The van der Waals surface area contributed by atoms with Crippen LogP contribution in [0.5, 0.6) is 0 Å². The molecular weight excluding hydrogens is 284 g/mol. The first-order chi connectivity index (χ1) is 10.4. The van der Waals surface area contributed by atoms with Gasteiger partial charge in [0.2, 0.25) is 5.91 Å². The van der Waals surface area contributed by atoms with Crippen molar-refractivity contribution in [3.63, 3.8) is 0 Å². The molecule has 0 saturated heterocycles. The second-order valence-electron chi connectivity index (χ2n) is 5.31. The van der Waals surface area contributed by atoms with Crippen molar-refractivity contribution in [3.8, 4) is 0 Å². The first-order valence-corrected chi connectivity index (χ1v) is 6.91. The molecule has 0 saturated carbocycles. The predicted octanol–water partition coefficient (Wildman–Crippen LogP) is 2.05. The third kappa shape index (κ3) is 3.49. The van der Waals surface area contributed by atoms with Crippen molar-refractivity contribution in [2.24, 2.45) is 0 Å². The average Bonchev–Trinajstić information content (AvgIpc) is 2.80. The first kappa shape index (κ1) is 15.7. The van der Waals surface area contributed by atoms with Gasteiger partial charge in [-0.25, -0.2) is 9.48 Å². The van der Waals surface area contributed by atoms with E-state index >= 15 is 0 Å². The monoisotopic (exact) mass is 302 g/mol. The SMILES string of the molecule is Cc1c(C(=O)O)nnn1CC(=O)Nc1ccc(C(C)C)cc1. The first-order valence-electron chi connectivity index (χ1n) is 6.91. The Bertz CT molecular complexity index is 689. The summed E-state index contributed by atoms with van der Waals surface area (Å²) in [5.41, 5.74) is 2.08. The lowest BCUT2D eigenvalue weighted by Crippen LogP contribution is -2.20. The minimum atomic E-state index is -1.16. The van der Waals surface area contributed by atoms with Crippen molar-refractivity contribution < 1.29 is 14.7 Å². The zero-order chi connectivity index (χ0) is 16.3. The van der Waals surface area contributed by atoms with Crippen LogP contribution >= 0.6 is 0 Å². The highest BCUT2D eigenvalue weighted by atomic mass is 16.4. The van der Waals surface area contributed by atoms with Gasteiger partial charge in [-0.3, -0.25) is 4.79 Å². The number of hydrogen-bond donors (Lipinski definition) is 2. The number of carboxylic acid groups (broad SMARTS) is 1. The lowest BCUT2D eigenvalue weighted by Gasteiger charge is -2.09. The molecule has 7 heteroatoms. The van der Waals surface area contributed by atoms with Crippen LogP contribution in [0.15, 0.2) is 24.3 Å². The van der Waals surface area contributed by atoms with Gasteiger partial charge in [0, 0.05) is 5.69 Å². The molecule has 116 valence electrons. The Morgan fingerprint density at radius 3 is 2.41 bits per heavy atom. The van der Waals surface area contributed by atoms with Crippen LogP contribution in [0.25, 0.3) is 0 Å². The van der Waals surface area contributed by atoms with Crippen molar-refractivity contribution in [1.29, 1.82) is 0 Å². The Labute approximate surface area is 128 Å². The molecule has 0 aliphatic carbocycles. The van der Waals surface area contributed by atoms with Gasteiger partial charge in [-0.2, -0.15) is 0 Å². The van der Waals surface area contributed by atoms with Crippen LogP contribution in [0.2, 0.25) is 0 Å². The number of carboxylic acids is 1. The lowest BCUT2D eigenvalue weighted by atomic mass is 10.0. The van der Waals surface area contributed by atoms with E-state index in [4.69, 9.17) is 5.11 Å². The summed E-state index contributed by atoms with van der Waals surface area (Å²) in [6.07, 6.45) is 0. The Balaban J connectivity index is 2.02. The summed E-state index contributed by atoms with van der Waals surface area (Å²) in [6, 6.07) is 7.60. The number of rotatable bonds is 5. The molecule has 2 aromatic rings. The number of aromatic carboxylic acids is 1. The molecule has 0 atom stereocenters. The molecule has 0 fully saturated rings. The van der Waals surface area contributed by atoms with E-state index in [1.54, 1.807) is 6.92 Å². The number of hydrogen-bond acceptors (Lipinski definition) is 4. The van der Waals surface area contributed by atoms with E-state index < -0.39 is 5.97 Å². The van der Waals surface area contributed by atoms with Gasteiger partial charge in [-0.05, 0) is 30.5 Å². The van der Waals surface area contributed by atoms with E-state index in [-0.39, 0.29) is 18.1 Å². The van der Waals surface area contributed by atoms with Crippen LogP contribution in [0.4, 0.5) is 5.69 Å². The summed E-state index contributed by atoms with van der Waals surface area (Å²) in [5.74, 6) is -1.02. The predicted molar refractivity (Wildman–Crippen MR) is 80.9 cm³/mol. The molecule has 0 aliphatic heterocycles. The Morgan fingerprint density at radius 2 is 1.91 bits per heavy atom. The van der Waals surface area contributed by atoms with Crippen molar-refractivity contribution in [2.75, 3.05) is 5.32 Å². The minimum Gasteiger partial charge on any atom is -0.476 e. The highest BCUT2D eigenvalue weighted by Crippen LogP contribution is 2.17. The van der Waals surface area contributed by atoms with Crippen LogP contribution in [-0.2, 0) is 11.3 Å². The fourth-order valence-corrected chi connectivity index (χ4v) is 2.00. The van der Waals surface area contributed by atoms with Gasteiger partial charge in [0.15, 0.2) is 5.69 Å². The maximum atomic E-state index is 12.0. The Kier molecular flexibility index (Phi) is 4.55. The summed E-state index contributed by atoms with van der Waals surface area (Å²) < 4.78 is 1.27. The van der Waals surface area contributed by atoms with Gasteiger partial charge in [0.1, 0.15) is 6.54 Å². The highest BCUT2D eigenvalue weighted by molar-refractivity contribution is 5.91. The lowest BCUT2D eigenvalue weighted by molar-refractivity contribution is -0.117. The molecular formula is C15H18N4O3. The maximum Gasteiger partial charge on any atom is 0.358 e. The quantitative estimate of drug-likeness (QED) is 0.881. The van der Waals surface area contributed by atoms with Gasteiger partial charge in [0.05, 0.1) is 5.69 Å². The van der Waals surface area contributed by atoms with Crippen molar-refractivity contribution in [3.05, 3.63) is 41.2 Å². The number of carbonyl (C=O) groups excluding carboxylic acids is 1. The van der Waals surface area contributed by atoms with Crippen LogP contribution in [-0.4, -0.2) is 32.0 Å². The standard InChI is InChI=1S/C15H18N4O3/c1-9(2)11-4-6-12(7-5-11)16-13(20)8-19-10(3)14(15(21)22)17-18-19/h4-7,9H,8H2,1-3H3,(H,16,20)(H,21,22). The fraction of sp³-hybridized carbons (Fsp3) is 0.333. The van der Waals surface area contributed by atoms with Gasteiger partial charge < -0.3 is 10.4 Å². The van der Waals surface area contributed by atoms with E-state index in [0.29, 0.717) is 17.3 Å². The minimum absolute atomic E-state index is 0.0853. The van der Waals surface area contributed by atoms with E-state index in [1.807, 2.05) is 24.3 Å². The van der Waals surface area contributed by atoms with E-state index in [2.05, 4.69) is 29.5 Å². The number of aromatic nitrogens is 3. The number of benzene rings is 1. The second-order valence-corrected chi connectivity index (χ2v) is 5.31. The molecule has 1 heterocycles. The zero-order valence-corrected chi connectivity index (χ0v) is 12.7. The van der Waals surface area contributed by atoms with Crippen LogP contribution in [0.3, 0.4) is 0 Å². The highest BCUT2D eigenvalue weighted by Gasteiger charge is 2.16. The number of nitrogens with one attached hydrogen (secondary N) is 1. The number of carbonyl (C=O) groups is 2. The van der Waals surface area contributed by atoms with Crippen molar-refractivity contribution >= 4 is 17.6 Å². The molecule has 1 aromatic heterocycles. The number of anilines is 1. The third-order valence-electron chi connectivity index (χ3n) is 3.34. The van der Waals surface area contributed by atoms with Gasteiger partial charge >= 0.3 is 5.97 Å². The maximum absolute atomic E-state index is 12.0. The molecule has 1 amide bonds. The fourth-order valence-electron chi connectivity index (χ4n) is 2.00. The van der Waals surface area contributed by atoms with Gasteiger partial charge in [-0.15, -0.1) is 5.10 Å². The van der Waals surface area contributed by atoms with Gasteiger partial charge in [-0.1, -0.05) is 31.2 Å². The molecule has 0 radical (unpaired) electrons. The smallest absolute Gasteiger partial charge is 0.358 e. The molecule has 0 unspecified atom stereocenters.